The van der Waals surface area contributed by atoms with Crippen molar-refractivity contribution in [1.82, 2.24) is 0 Å². The standard InChI is InChI=1S/C41H68O14/c1-19-28(47)33(55-35-31(50)30(49)29(48)24(16-42)53-35)32(51)36(52-19)54-27-8-10-39(5)25(40(27,6)17-43)7-9-38(4)21-14-26(46)41(18-44)12-11-37(2,3)15-22(41)20(21)13-23(45)34(38)39/h15,19-21,23-36,42-51H,7-14,16-18H2,1-6H3/t19-,20+,21-,23-,24-,25+,26-,27-,28-,29-,30-,31+,32+,33-,34+,35+,36-,38+,39-,40+,41-/m0/s1. The van der Waals surface area contributed by atoms with Crippen LogP contribution >= 0.6 is 0 Å². The highest BCUT2D eigenvalue weighted by molar-refractivity contribution is 5.33. The third-order valence-corrected chi connectivity index (χ3v) is 16.6. The van der Waals surface area contributed by atoms with Crippen LogP contribution in [0.15, 0.2) is 11.6 Å². The number of ether oxygens (including phenoxy) is 4. The van der Waals surface area contributed by atoms with E-state index >= 15 is 0 Å². The molecule has 2 saturated heterocycles. The van der Waals surface area contributed by atoms with Crippen LogP contribution in [0.5, 0.6) is 0 Å². The third kappa shape index (κ3) is 6.43. The summed E-state index contributed by atoms with van der Waals surface area (Å²) in [4.78, 5) is 0. The van der Waals surface area contributed by atoms with Crippen LogP contribution in [0.25, 0.3) is 0 Å². The lowest BCUT2D eigenvalue weighted by Crippen LogP contribution is -2.69. The maximum Gasteiger partial charge on any atom is 0.187 e. The van der Waals surface area contributed by atoms with Gasteiger partial charge in [0.15, 0.2) is 12.6 Å². The maximum absolute atomic E-state index is 12.4. The van der Waals surface area contributed by atoms with Crippen molar-refractivity contribution in [3.63, 3.8) is 0 Å². The Morgan fingerprint density at radius 1 is 0.709 bits per heavy atom. The number of aliphatic hydroxyl groups excluding tert-OH is 10. The van der Waals surface area contributed by atoms with Gasteiger partial charge in [0.2, 0.25) is 0 Å². The summed E-state index contributed by atoms with van der Waals surface area (Å²) in [5, 5.41) is 110. The second-order valence-corrected chi connectivity index (χ2v) is 20.1. The summed E-state index contributed by atoms with van der Waals surface area (Å²) in [6.45, 7) is 11.5. The van der Waals surface area contributed by atoms with E-state index in [2.05, 4.69) is 33.8 Å². The monoisotopic (exact) mass is 784 g/mol. The molecule has 7 rings (SSSR count). The molecule has 0 amide bonds. The summed E-state index contributed by atoms with van der Waals surface area (Å²) < 4.78 is 23.9. The molecule has 14 nitrogen and oxygen atoms in total. The molecule has 0 aromatic carbocycles. The Morgan fingerprint density at radius 3 is 2.04 bits per heavy atom. The van der Waals surface area contributed by atoms with Crippen LogP contribution in [-0.4, -0.2) is 151 Å². The molecule has 14 heteroatoms. The van der Waals surface area contributed by atoms with Gasteiger partial charge in [0.1, 0.15) is 42.7 Å². The first kappa shape index (κ1) is 42.3. The zero-order valence-corrected chi connectivity index (χ0v) is 33.3. The Hall–Kier alpha value is -0.820. The molecule has 0 radical (unpaired) electrons. The molecule has 7 aliphatic rings. The van der Waals surface area contributed by atoms with Gasteiger partial charge < -0.3 is 70.0 Å². The topological polar surface area (TPSA) is 239 Å². The van der Waals surface area contributed by atoms with Crippen LogP contribution in [0.4, 0.5) is 0 Å². The van der Waals surface area contributed by atoms with Gasteiger partial charge in [-0.2, -0.15) is 0 Å². The number of allylic oxidation sites excluding steroid dienone is 1. The van der Waals surface area contributed by atoms with E-state index in [1.165, 1.54) is 0 Å². The largest absolute Gasteiger partial charge is 0.396 e. The van der Waals surface area contributed by atoms with Crippen molar-refractivity contribution in [3.05, 3.63) is 11.6 Å². The lowest BCUT2D eigenvalue weighted by atomic mass is 9.35. The second-order valence-electron chi connectivity index (χ2n) is 20.1. The average molecular weight is 785 g/mol. The molecule has 316 valence electrons. The van der Waals surface area contributed by atoms with Gasteiger partial charge in [0.05, 0.1) is 44.2 Å². The average Bonchev–Trinajstić information content (AvgIpc) is 3.13. The molecule has 2 heterocycles. The smallest absolute Gasteiger partial charge is 0.187 e. The first-order valence-electron chi connectivity index (χ1n) is 20.7. The maximum atomic E-state index is 12.4. The quantitative estimate of drug-likeness (QED) is 0.124. The molecule has 4 saturated carbocycles. The van der Waals surface area contributed by atoms with E-state index in [0.717, 1.165) is 31.3 Å². The molecule has 0 spiro atoms. The van der Waals surface area contributed by atoms with Crippen molar-refractivity contribution in [2.45, 2.75) is 173 Å². The summed E-state index contributed by atoms with van der Waals surface area (Å²) in [6, 6.07) is 0. The van der Waals surface area contributed by atoms with Gasteiger partial charge in [-0.3, -0.25) is 0 Å². The Labute approximate surface area is 324 Å². The van der Waals surface area contributed by atoms with Crippen LogP contribution in [-0.2, 0) is 18.9 Å². The Morgan fingerprint density at radius 2 is 1.38 bits per heavy atom. The van der Waals surface area contributed by atoms with E-state index in [1.807, 2.05) is 6.92 Å². The van der Waals surface area contributed by atoms with Gasteiger partial charge >= 0.3 is 0 Å². The zero-order valence-electron chi connectivity index (χ0n) is 33.3. The predicted octanol–water partition coefficient (Wildman–Crippen LogP) is 0.341. The highest BCUT2D eigenvalue weighted by Gasteiger charge is 2.70. The normalized spacial score (nSPS) is 56.4. The van der Waals surface area contributed by atoms with Gasteiger partial charge in [0.25, 0.3) is 0 Å². The Kier molecular flexibility index (Phi) is 11.3. The molecule has 21 atom stereocenters. The molecule has 0 unspecified atom stereocenters. The highest BCUT2D eigenvalue weighted by atomic mass is 16.7. The summed E-state index contributed by atoms with van der Waals surface area (Å²) >= 11 is 0. The van der Waals surface area contributed by atoms with E-state index in [9.17, 15) is 51.1 Å². The number of hydrogen-bond acceptors (Lipinski definition) is 14. The van der Waals surface area contributed by atoms with Gasteiger partial charge in [-0.1, -0.05) is 46.3 Å². The van der Waals surface area contributed by atoms with Gasteiger partial charge in [-0.25, -0.2) is 0 Å². The first-order valence-corrected chi connectivity index (χ1v) is 20.7. The van der Waals surface area contributed by atoms with Crippen LogP contribution < -0.4 is 0 Å². The molecule has 10 N–H and O–H groups in total. The van der Waals surface area contributed by atoms with Crippen molar-refractivity contribution in [1.29, 1.82) is 0 Å². The van der Waals surface area contributed by atoms with Gasteiger partial charge in [-0.15, -0.1) is 0 Å². The number of rotatable bonds is 7. The number of hydrogen-bond donors (Lipinski definition) is 10. The van der Waals surface area contributed by atoms with Crippen molar-refractivity contribution in [2.75, 3.05) is 19.8 Å². The fourth-order valence-corrected chi connectivity index (χ4v) is 13.5. The minimum atomic E-state index is -1.74. The van der Waals surface area contributed by atoms with Gasteiger partial charge in [0, 0.05) is 10.8 Å². The predicted molar refractivity (Wildman–Crippen MR) is 196 cm³/mol. The minimum absolute atomic E-state index is 0.0517. The lowest BCUT2D eigenvalue weighted by molar-refractivity contribution is -0.368. The number of fused-ring (bicyclic) bond motifs is 7. The minimum Gasteiger partial charge on any atom is -0.396 e. The summed E-state index contributed by atoms with van der Waals surface area (Å²) in [5.74, 6) is -0.0466. The SMILES string of the molecule is C[C@@H]1O[C@@H](O[C@H]2CC[C@@]3(C)[C@@H](CC[C@@]4(C)[C@H]3[C@@H](O)C[C@H]3C5=CC(C)(C)CC[C@@]5(CO)[C@@H](O)C[C@@H]34)[C@@]2(C)CO)[C@H](O)[C@@H](O[C@H]2O[C@@H](CO)[C@H](O)[C@H](O)[C@H]2O)[C@H]1O. The van der Waals surface area contributed by atoms with E-state index in [-0.39, 0.29) is 47.7 Å². The molecular weight excluding hydrogens is 716 g/mol. The van der Waals surface area contributed by atoms with Gasteiger partial charge in [-0.05, 0) is 98.2 Å². The zero-order chi connectivity index (χ0) is 40.2. The highest BCUT2D eigenvalue weighted by Crippen LogP contribution is 2.72. The molecule has 0 aromatic rings. The summed E-state index contributed by atoms with van der Waals surface area (Å²) in [7, 11) is 0. The number of aliphatic hydroxyl groups is 10. The third-order valence-electron chi connectivity index (χ3n) is 16.6. The second kappa shape index (κ2) is 14.7. The lowest BCUT2D eigenvalue weighted by Gasteiger charge is -2.70. The first-order chi connectivity index (χ1) is 25.7. The molecule has 6 fully saturated rings. The fourth-order valence-electron chi connectivity index (χ4n) is 13.5. The molecule has 0 bridgehead atoms. The summed E-state index contributed by atoms with van der Waals surface area (Å²) in [5.41, 5.74) is -1.17. The molecule has 2 aliphatic heterocycles. The van der Waals surface area contributed by atoms with Crippen LogP contribution in [0, 0.1) is 50.7 Å². The molecule has 5 aliphatic carbocycles. The Bertz CT molecular complexity index is 1430. The molecule has 0 aromatic heterocycles. The molecule has 55 heavy (non-hydrogen) atoms. The van der Waals surface area contributed by atoms with Crippen molar-refractivity contribution >= 4 is 0 Å². The van der Waals surface area contributed by atoms with E-state index < -0.39 is 103 Å². The van der Waals surface area contributed by atoms with Crippen LogP contribution in [0.2, 0.25) is 0 Å². The van der Waals surface area contributed by atoms with E-state index in [1.54, 1.807) is 6.92 Å². The van der Waals surface area contributed by atoms with E-state index in [0.29, 0.717) is 25.7 Å². The molecular formula is C41H68O14. The van der Waals surface area contributed by atoms with E-state index in [4.69, 9.17) is 18.9 Å². The summed E-state index contributed by atoms with van der Waals surface area (Å²) in [6.07, 6.45) is -8.76. The Balaban J connectivity index is 1.12. The van der Waals surface area contributed by atoms with Crippen molar-refractivity contribution < 1.29 is 70.0 Å². The van der Waals surface area contributed by atoms with Crippen molar-refractivity contribution in [2.24, 2.45) is 50.7 Å². The van der Waals surface area contributed by atoms with Crippen LogP contribution in [0.3, 0.4) is 0 Å². The van der Waals surface area contributed by atoms with Crippen molar-refractivity contribution in [3.8, 4) is 0 Å². The fraction of sp³-hybridized carbons (Fsp3) is 0.951. The van der Waals surface area contributed by atoms with Crippen LogP contribution in [0.1, 0.15) is 92.9 Å².